The van der Waals surface area contributed by atoms with E-state index in [1.807, 2.05) is 6.08 Å². The number of phenols is 1. The maximum Gasteiger partial charge on any atom is 0.234 e. The van der Waals surface area contributed by atoms with Gasteiger partial charge in [0.2, 0.25) is 11.8 Å². The number of rotatable bonds is 11. The molecule has 1 aromatic rings. The molecule has 2 aliphatic carbocycles. The molecule has 4 atom stereocenters. The van der Waals surface area contributed by atoms with Crippen LogP contribution in [0.4, 0.5) is 4.39 Å². The fourth-order valence-electron chi connectivity index (χ4n) is 7.14. The summed E-state index contributed by atoms with van der Waals surface area (Å²) in [6, 6.07) is 4.25. The fraction of sp³-hybridized carbons (Fsp3) is 0.625. The molecule has 1 aliphatic heterocycles. The number of halogens is 1. The number of hydrogen-bond donors (Lipinski definition) is 3. The van der Waals surface area contributed by atoms with Gasteiger partial charge < -0.3 is 15.3 Å². The van der Waals surface area contributed by atoms with Crippen LogP contribution < -0.4 is 0 Å². The quantitative estimate of drug-likeness (QED) is 0.239. The molecule has 1 heterocycles. The van der Waals surface area contributed by atoms with Crippen molar-refractivity contribution in [3.63, 3.8) is 0 Å². The summed E-state index contributed by atoms with van der Waals surface area (Å²) in [5.74, 6) is -2.94. The number of fused-ring (bicyclic) bond motifs is 1. The van der Waals surface area contributed by atoms with Gasteiger partial charge in [-0.15, -0.1) is 0 Å². The highest BCUT2D eigenvalue weighted by atomic mass is 19.1. The van der Waals surface area contributed by atoms with E-state index in [1.165, 1.54) is 17.0 Å². The number of imide groups is 1. The van der Waals surface area contributed by atoms with Gasteiger partial charge >= 0.3 is 0 Å². The van der Waals surface area contributed by atoms with Crippen LogP contribution in [-0.4, -0.2) is 50.8 Å². The molecule has 0 radical (unpaired) electrons. The van der Waals surface area contributed by atoms with Crippen LogP contribution in [0.15, 0.2) is 34.9 Å². The molecule has 214 valence electrons. The molecule has 1 saturated heterocycles. The standard InChI is InChI=1S/C32H44FNO5/c1-3-8-20(16-21-13-14-27(36)26(33)17-21)12-15-28(37)29-22(9-4-2)18-24-30(25(29)19-35)32(39)34(31(24)38)23-10-6-5-7-11-23/h13-14,16-17,23-25,28,30,35-37H,3-12,15,18-19H2,1-2H3/b20-16+/t24-,25+,28-,30-/m1/s1. The Morgan fingerprint density at radius 1 is 1.10 bits per heavy atom. The maximum absolute atomic E-state index is 13.9. The summed E-state index contributed by atoms with van der Waals surface area (Å²) in [6.45, 7) is 3.85. The summed E-state index contributed by atoms with van der Waals surface area (Å²) in [5.41, 5.74) is 3.47. The molecular formula is C32H44FNO5. The number of aliphatic hydroxyl groups excluding tert-OH is 2. The summed E-state index contributed by atoms with van der Waals surface area (Å²) in [4.78, 5) is 28.7. The smallest absolute Gasteiger partial charge is 0.234 e. The van der Waals surface area contributed by atoms with Crippen LogP contribution in [0.3, 0.4) is 0 Å². The number of carbonyl (C=O) groups excluding carboxylic acids is 2. The SMILES string of the molecule is CCCC1=C([C@H](O)CC/C(=C/c2ccc(O)c(F)c2)CCC)[C@H](CO)[C@@H]2C(=O)N(C3CCCCC3)C(=O)[C@@H]2C1. The Hall–Kier alpha value is -2.51. The van der Waals surface area contributed by atoms with Gasteiger partial charge in [-0.2, -0.15) is 0 Å². The second kappa shape index (κ2) is 13.2. The lowest BCUT2D eigenvalue weighted by Gasteiger charge is -2.36. The van der Waals surface area contributed by atoms with Crippen molar-refractivity contribution in [2.45, 2.75) is 103 Å². The summed E-state index contributed by atoms with van der Waals surface area (Å²) >= 11 is 0. The summed E-state index contributed by atoms with van der Waals surface area (Å²) < 4.78 is 13.9. The van der Waals surface area contributed by atoms with E-state index in [-0.39, 0.29) is 30.2 Å². The van der Waals surface area contributed by atoms with E-state index in [0.29, 0.717) is 24.8 Å². The van der Waals surface area contributed by atoms with Gasteiger partial charge in [0.15, 0.2) is 11.6 Å². The lowest BCUT2D eigenvalue weighted by molar-refractivity contribution is -0.143. The first-order valence-electron chi connectivity index (χ1n) is 14.9. The van der Waals surface area contributed by atoms with Gasteiger partial charge in [0.05, 0.1) is 24.5 Å². The van der Waals surface area contributed by atoms with E-state index >= 15 is 0 Å². The minimum Gasteiger partial charge on any atom is -0.505 e. The highest BCUT2D eigenvalue weighted by Gasteiger charge is 2.56. The van der Waals surface area contributed by atoms with Crippen LogP contribution in [0.2, 0.25) is 0 Å². The number of hydrogen-bond acceptors (Lipinski definition) is 5. The first-order valence-corrected chi connectivity index (χ1v) is 14.9. The molecule has 0 bridgehead atoms. The van der Waals surface area contributed by atoms with Gasteiger partial charge in [-0.3, -0.25) is 14.5 Å². The molecule has 3 aliphatic rings. The van der Waals surface area contributed by atoms with Crippen molar-refractivity contribution in [3.8, 4) is 5.75 Å². The van der Waals surface area contributed by atoms with Crippen LogP contribution in [-0.2, 0) is 9.59 Å². The monoisotopic (exact) mass is 541 g/mol. The number of allylic oxidation sites excluding steroid dienone is 2. The Kier molecular flexibility index (Phi) is 10.00. The highest BCUT2D eigenvalue weighted by molar-refractivity contribution is 6.06. The average Bonchev–Trinajstić information content (AvgIpc) is 3.18. The Morgan fingerprint density at radius 3 is 2.49 bits per heavy atom. The Morgan fingerprint density at radius 2 is 1.85 bits per heavy atom. The third kappa shape index (κ3) is 6.30. The minimum atomic E-state index is -0.840. The van der Waals surface area contributed by atoms with Gasteiger partial charge in [-0.05, 0) is 68.2 Å². The fourth-order valence-corrected chi connectivity index (χ4v) is 7.14. The predicted octanol–water partition coefficient (Wildman–Crippen LogP) is 5.90. The molecule has 39 heavy (non-hydrogen) atoms. The zero-order valence-electron chi connectivity index (χ0n) is 23.4. The third-order valence-corrected chi connectivity index (χ3v) is 8.92. The Bertz CT molecular complexity index is 1110. The Labute approximate surface area is 231 Å². The zero-order valence-corrected chi connectivity index (χ0v) is 23.4. The Balaban J connectivity index is 1.57. The van der Waals surface area contributed by atoms with Crippen LogP contribution in [0.25, 0.3) is 6.08 Å². The van der Waals surface area contributed by atoms with Crippen LogP contribution >= 0.6 is 0 Å². The van der Waals surface area contributed by atoms with E-state index in [2.05, 4.69) is 13.8 Å². The second-order valence-corrected chi connectivity index (χ2v) is 11.6. The molecule has 0 spiro atoms. The van der Waals surface area contributed by atoms with Crippen molar-refractivity contribution >= 4 is 17.9 Å². The van der Waals surface area contributed by atoms with Crippen molar-refractivity contribution < 1.29 is 29.3 Å². The number of amides is 2. The van der Waals surface area contributed by atoms with Crippen molar-refractivity contribution in [1.29, 1.82) is 0 Å². The summed E-state index contributed by atoms with van der Waals surface area (Å²) in [7, 11) is 0. The number of aromatic hydroxyl groups is 1. The van der Waals surface area contributed by atoms with E-state index in [0.717, 1.165) is 74.5 Å². The molecule has 1 aromatic carbocycles. The van der Waals surface area contributed by atoms with Gasteiger partial charge in [-0.1, -0.05) is 69.2 Å². The van der Waals surface area contributed by atoms with Crippen molar-refractivity contribution in [2.75, 3.05) is 6.61 Å². The summed E-state index contributed by atoms with van der Waals surface area (Å²) in [5, 5.41) is 31.6. The molecule has 0 aromatic heterocycles. The largest absolute Gasteiger partial charge is 0.505 e. The number of likely N-dealkylation sites (tertiary alicyclic amines) is 1. The minimum absolute atomic E-state index is 0.0434. The zero-order chi connectivity index (χ0) is 28.1. The van der Waals surface area contributed by atoms with E-state index < -0.39 is 29.7 Å². The van der Waals surface area contributed by atoms with Crippen molar-refractivity contribution in [2.24, 2.45) is 17.8 Å². The molecule has 0 unspecified atom stereocenters. The molecule has 4 rings (SSSR count). The predicted molar refractivity (Wildman–Crippen MR) is 149 cm³/mol. The summed E-state index contributed by atoms with van der Waals surface area (Å²) in [6.07, 6.45) is 10.7. The van der Waals surface area contributed by atoms with Crippen molar-refractivity contribution in [3.05, 3.63) is 46.3 Å². The molecule has 2 fully saturated rings. The second-order valence-electron chi connectivity index (χ2n) is 11.6. The van der Waals surface area contributed by atoms with Gasteiger partial charge in [0, 0.05) is 12.0 Å². The normalized spacial score (nSPS) is 25.4. The maximum atomic E-state index is 13.9. The molecule has 1 saturated carbocycles. The molecule has 7 heteroatoms. The molecule has 2 amide bonds. The first kappa shape index (κ1) is 29.5. The molecular weight excluding hydrogens is 497 g/mol. The number of nitrogens with zero attached hydrogens (tertiary/aromatic N) is 1. The topological polar surface area (TPSA) is 98.1 Å². The van der Waals surface area contributed by atoms with Crippen molar-refractivity contribution in [1.82, 2.24) is 4.90 Å². The molecule has 3 N–H and O–H groups in total. The number of phenolic OH excluding ortho intramolecular Hbond substituents is 1. The highest BCUT2D eigenvalue weighted by Crippen LogP contribution is 2.48. The first-order chi connectivity index (χ1) is 18.8. The van der Waals surface area contributed by atoms with Crippen LogP contribution in [0.1, 0.15) is 96.5 Å². The lowest BCUT2D eigenvalue weighted by atomic mass is 9.67. The van der Waals surface area contributed by atoms with E-state index in [1.54, 1.807) is 6.07 Å². The molecule has 6 nitrogen and oxygen atoms in total. The van der Waals surface area contributed by atoms with E-state index in [4.69, 9.17) is 0 Å². The number of aliphatic hydroxyl groups is 2. The number of carbonyl (C=O) groups is 2. The van der Waals surface area contributed by atoms with Crippen LogP contribution in [0, 0.1) is 23.6 Å². The number of benzene rings is 1. The van der Waals surface area contributed by atoms with Crippen LogP contribution in [0.5, 0.6) is 5.75 Å². The van der Waals surface area contributed by atoms with E-state index in [9.17, 15) is 29.3 Å². The van der Waals surface area contributed by atoms with Gasteiger partial charge in [-0.25, -0.2) is 4.39 Å². The lowest BCUT2D eigenvalue weighted by Crippen LogP contribution is -2.42. The van der Waals surface area contributed by atoms with Gasteiger partial charge in [0.1, 0.15) is 0 Å². The third-order valence-electron chi connectivity index (χ3n) is 8.92. The average molecular weight is 542 g/mol. The van der Waals surface area contributed by atoms with Gasteiger partial charge in [0.25, 0.3) is 0 Å².